The Balaban J connectivity index is 1.63. The van der Waals surface area contributed by atoms with Crippen molar-refractivity contribution in [3.63, 3.8) is 0 Å². The molecule has 0 bridgehead atoms. The zero-order valence-electron chi connectivity index (χ0n) is 19.9. The second-order valence-electron chi connectivity index (χ2n) is 7.99. The summed E-state index contributed by atoms with van der Waals surface area (Å²) < 4.78 is 20.3. The Morgan fingerprint density at radius 2 is 1.88 bits per heavy atom. The first-order valence-corrected chi connectivity index (χ1v) is 11.8. The minimum absolute atomic E-state index is 0.176. The fraction of sp³-hybridized carbons (Fsp3) is 0.583. The van der Waals surface area contributed by atoms with Gasteiger partial charge >= 0.3 is 0 Å². The van der Waals surface area contributed by atoms with Gasteiger partial charge in [-0.05, 0) is 37.6 Å². The lowest BCUT2D eigenvalue weighted by molar-refractivity contribution is 0.270. The normalized spacial score (nSPS) is 15.3. The fourth-order valence-corrected chi connectivity index (χ4v) is 4.03. The molecule has 176 valence electrons. The highest BCUT2D eigenvalue weighted by molar-refractivity contribution is 5.79. The lowest BCUT2D eigenvalue weighted by Gasteiger charge is -2.35. The van der Waals surface area contributed by atoms with Gasteiger partial charge in [0.1, 0.15) is 11.6 Å². The van der Waals surface area contributed by atoms with E-state index in [2.05, 4.69) is 51.4 Å². The van der Waals surface area contributed by atoms with Gasteiger partial charge in [-0.1, -0.05) is 32.0 Å². The Kier molecular flexibility index (Phi) is 8.90. The first-order chi connectivity index (χ1) is 15.6. The second kappa shape index (κ2) is 11.9. The Hall–Kier alpha value is -2.61. The van der Waals surface area contributed by atoms with Crippen LogP contribution >= 0.6 is 0 Å². The Morgan fingerprint density at radius 3 is 2.50 bits per heavy atom. The third-order valence-corrected chi connectivity index (χ3v) is 5.98. The van der Waals surface area contributed by atoms with Crippen LogP contribution in [0.25, 0.3) is 0 Å². The number of halogens is 1. The summed E-state index contributed by atoms with van der Waals surface area (Å²) in [5.74, 6) is 1.42. The highest BCUT2D eigenvalue weighted by Crippen LogP contribution is 2.22. The number of aliphatic imine (C=N–C) groups is 1. The van der Waals surface area contributed by atoms with Crippen molar-refractivity contribution >= 4 is 11.6 Å². The summed E-state index contributed by atoms with van der Waals surface area (Å²) in [6.07, 6.45) is 1.63. The molecule has 32 heavy (non-hydrogen) atoms. The number of rotatable bonds is 9. The van der Waals surface area contributed by atoms with Crippen LogP contribution in [0.4, 0.5) is 10.1 Å². The number of nitrogens with zero attached hydrogens (tertiary/aromatic N) is 4. The minimum Gasteiger partial charge on any atom is -0.367 e. The Bertz CT molecular complexity index is 867. The largest absolute Gasteiger partial charge is 0.367 e. The maximum absolute atomic E-state index is 14.8. The van der Waals surface area contributed by atoms with E-state index in [-0.39, 0.29) is 5.82 Å². The summed E-state index contributed by atoms with van der Waals surface area (Å²) in [5, 5.41) is 10.8. The quantitative estimate of drug-likeness (QED) is 0.457. The van der Waals surface area contributed by atoms with Gasteiger partial charge in [-0.3, -0.25) is 0 Å². The van der Waals surface area contributed by atoms with Crippen molar-refractivity contribution in [2.75, 3.05) is 44.2 Å². The lowest BCUT2D eigenvalue weighted by Crippen LogP contribution is -2.46. The first kappa shape index (κ1) is 24.0. The molecule has 1 fully saturated rings. The van der Waals surface area contributed by atoms with Crippen molar-refractivity contribution in [2.24, 2.45) is 4.99 Å². The maximum atomic E-state index is 14.8. The fourth-order valence-electron chi connectivity index (χ4n) is 4.03. The van der Waals surface area contributed by atoms with E-state index in [1.54, 1.807) is 6.07 Å². The average Bonchev–Trinajstić information content (AvgIpc) is 3.23. The molecule has 0 saturated carbocycles. The molecule has 2 heterocycles. The molecule has 1 saturated heterocycles. The van der Waals surface area contributed by atoms with Crippen LogP contribution in [0.15, 0.2) is 27.7 Å². The van der Waals surface area contributed by atoms with Crippen molar-refractivity contribution < 1.29 is 8.91 Å². The van der Waals surface area contributed by atoms with E-state index in [0.29, 0.717) is 24.7 Å². The molecule has 3 rings (SSSR count). The number of hydrogen-bond acceptors (Lipinski definition) is 5. The zero-order chi connectivity index (χ0) is 22.9. The van der Waals surface area contributed by atoms with Gasteiger partial charge in [0.05, 0.1) is 17.9 Å². The number of aryl methyl sites for hydroxylation is 2. The van der Waals surface area contributed by atoms with Gasteiger partial charge in [0.25, 0.3) is 0 Å². The molecule has 7 nitrogen and oxygen atoms in total. The monoisotopic (exact) mass is 444 g/mol. The molecule has 1 aromatic carbocycles. The number of likely N-dealkylation sites (N-methyl/N-ethyl adjacent to an activating group) is 1. The summed E-state index contributed by atoms with van der Waals surface area (Å²) in [6, 6.07) is 5.47. The van der Waals surface area contributed by atoms with Gasteiger partial charge in [0, 0.05) is 51.3 Å². The molecule has 1 aliphatic rings. The molecule has 0 aliphatic carbocycles. The average molecular weight is 445 g/mol. The van der Waals surface area contributed by atoms with E-state index < -0.39 is 0 Å². The molecule has 0 spiro atoms. The van der Waals surface area contributed by atoms with E-state index >= 15 is 0 Å². The number of aromatic nitrogens is 1. The predicted molar refractivity (Wildman–Crippen MR) is 128 cm³/mol. The number of hydrogen-bond donors (Lipinski definition) is 2. The first-order valence-electron chi connectivity index (χ1n) is 11.8. The van der Waals surface area contributed by atoms with Gasteiger partial charge in [-0.25, -0.2) is 9.38 Å². The van der Waals surface area contributed by atoms with Gasteiger partial charge < -0.3 is 25.0 Å². The highest BCUT2D eigenvalue weighted by Gasteiger charge is 2.18. The number of nitrogens with one attached hydrogen (secondary N) is 2. The SMILES string of the molecule is CCNC(=NCc1ccc(N2CCN(CC)CC2)c(F)c1)NCc1c(CC)noc1CC. The molecule has 0 radical (unpaired) electrons. The minimum atomic E-state index is -0.176. The summed E-state index contributed by atoms with van der Waals surface area (Å²) in [6.45, 7) is 14.8. The molecule has 0 atom stereocenters. The molecular formula is C24H37FN6O. The molecule has 1 aliphatic heterocycles. The van der Waals surface area contributed by atoms with Crippen LogP contribution in [0.3, 0.4) is 0 Å². The maximum Gasteiger partial charge on any atom is 0.191 e. The number of anilines is 1. The predicted octanol–water partition coefficient (Wildman–Crippen LogP) is 3.34. The van der Waals surface area contributed by atoms with Crippen molar-refractivity contribution in [3.8, 4) is 0 Å². The number of guanidine groups is 1. The summed E-state index contributed by atoms with van der Waals surface area (Å²) in [5.41, 5.74) is 3.61. The van der Waals surface area contributed by atoms with Crippen molar-refractivity contribution in [1.82, 2.24) is 20.7 Å². The van der Waals surface area contributed by atoms with Gasteiger partial charge in [-0.2, -0.15) is 0 Å². The molecule has 2 aromatic rings. The Labute approximate surface area is 191 Å². The van der Waals surface area contributed by atoms with Crippen molar-refractivity contribution in [3.05, 3.63) is 46.6 Å². The number of benzene rings is 1. The van der Waals surface area contributed by atoms with Gasteiger partial charge in [-0.15, -0.1) is 0 Å². The van der Waals surface area contributed by atoms with Crippen molar-refractivity contribution in [1.29, 1.82) is 0 Å². The van der Waals surface area contributed by atoms with Crippen LogP contribution in [0.2, 0.25) is 0 Å². The van der Waals surface area contributed by atoms with Crippen LogP contribution < -0.4 is 15.5 Å². The van der Waals surface area contributed by atoms with E-state index in [0.717, 1.165) is 74.7 Å². The van der Waals surface area contributed by atoms with E-state index in [1.807, 2.05) is 19.1 Å². The van der Waals surface area contributed by atoms with E-state index in [4.69, 9.17) is 4.52 Å². The molecule has 1 aromatic heterocycles. The third-order valence-electron chi connectivity index (χ3n) is 5.98. The Morgan fingerprint density at radius 1 is 1.09 bits per heavy atom. The highest BCUT2D eigenvalue weighted by atomic mass is 19.1. The molecular weight excluding hydrogens is 407 g/mol. The standard InChI is InChI=1S/C24H37FN6O/c1-5-21-19(23(6-2)32-29-21)17-28-24(26-7-3)27-16-18-9-10-22(20(25)15-18)31-13-11-30(8-4)12-14-31/h9-10,15H,5-8,11-14,16-17H2,1-4H3,(H2,26,27,28). The molecule has 8 heteroatoms. The van der Waals surface area contributed by atoms with E-state index in [9.17, 15) is 4.39 Å². The smallest absolute Gasteiger partial charge is 0.191 e. The molecule has 0 amide bonds. The van der Waals surface area contributed by atoms with Crippen LogP contribution in [0.1, 0.15) is 50.3 Å². The van der Waals surface area contributed by atoms with Crippen LogP contribution in [0.5, 0.6) is 0 Å². The summed E-state index contributed by atoms with van der Waals surface area (Å²) in [7, 11) is 0. The van der Waals surface area contributed by atoms with Crippen LogP contribution in [-0.2, 0) is 25.9 Å². The van der Waals surface area contributed by atoms with Crippen LogP contribution in [0, 0.1) is 5.82 Å². The zero-order valence-corrected chi connectivity index (χ0v) is 19.9. The van der Waals surface area contributed by atoms with Gasteiger partial charge in [0.2, 0.25) is 0 Å². The molecule has 0 unspecified atom stereocenters. The molecule has 2 N–H and O–H groups in total. The third kappa shape index (κ3) is 6.00. The summed E-state index contributed by atoms with van der Waals surface area (Å²) in [4.78, 5) is 9.18. The van der Waals surface area contributed by atoms with Gasteiger partial charge in [0.15, 0.2) is 5.96 Å². The van der Waals surface area contributed by atoms with Crippen LogP contribution in [-0.4, -0.2) is 55.3 Å². The topological polar surface area (TPSA) is 68.9 Å². The van der Waals surface area contributed by atoms with Crippen molar-refractivity contribution in [2.45, 2.75) is 53.6 Å². The van der Waals surface area contributed by atoms with E-state index in [1.165, 1.54) is 0 Å². The lowest BCUT2D eigenvalue weighted by atomic mass is 10.1. The second-order valence-corrected chi connectivity index (χ2v) is 7.99. The summed E-state index contributed by atoms with van der Waals surface area (Å²) >= 11 is 0. The number of piperazine rings is 1.